The largest absolute Gasteiger partial charge is 0.444 e. The van der Waals surface area contributed by atoms with Crippen molar-refractivity contribution in [1.82, 2.24) is 10.3 Å². The van der Waals surface area contributed by atoms with E-state index in [4.69, 9.17) is 10.00 Å². The number of benzene rings is 1. The van der Waals surface area contributed by atoms with Crippen molar-refractivity contribution in [2.45, 2.75) is 85.4 Å². The highest BCUT2D eigenvalue weighted by molar-refractivity contribution is 5.67. The average Bonchev–Trinajstić information content (AvgIpc) is 2.73. The van der Waals surface area contributed by atoms with Crippen LogP contribution in [0.4, 0.5) is 10.5 Å². The quantitative estimate of drug-likeness (QED) is 0.199. The minimum atomic E-state index is -0.508. The maximum Gasteiger partial charge on any atom is 0.407 e. The van der Waals surface area contributed by atoms with Crippen LogP contribution in [-0.2, 0) is 11.2 Å². The minimum Gasteiger partial charge on any atom is -0.444 e. The standard InChI is InChI=1S/C27H44N6O2/c1-20(2)24(30-23-12-10-11-22(19-23)13-16-28)14-18-33(9)32-31-21(3)27(7,8)15-17-29-25(34)35-26(4,5)6/h10-12,19,21,24,30H,1,13-15,17-18H2,2-9H3,(H,29,34)/b32-31-/t21-,24?/m1/s1. The second-order valence-corrected chi connectivity index (χ2v) is 10.8. The lowest BCUT2D eigenvalue weighted by Crippen LogP contribution is -2.36. The maximum atomic E-state index is 11.9. The first-order chi connectivity index (χ1) is 16.2. The third-order valence-corrected chi connectivity index (χ3v) is 5.83. The van der Waals surface area contributed by atoms with Crippen LogP contribution in [0, 0.1) is 16.7 Å². The molecule has 0 aliphatic carbocycles. The first-order valence-electron chi connectivity index (χ1n) is 12.2. The summed E-state index contributed by atoms with van der Waals surface area (Å²) in [5, 5.41) is 26.0. The third kappa shape index (κ3) is 12.3. The zero-order valence-corrected chi connectivity index (χ0v) is 22.8. The highest BCUT2D eigenvalue weighted by atomic mass is 16.6. The summed E-state index contributed by atoms with van der Waals surface area (Å²) in [7, 11) is 1.91. The SMILES string of the molecule is C=C(C)C(CCN(C)/N=N\[C@H](C)C(C)(C)CCNC(=O)OC(C)(C)C)Nc1cccc(CC#N)c1. The van der Waals surface area contributed by atoms with Gasteiger partial charge in [0, 0.05) is 31.9 Å². The van der Waals surface area contributed by atoms with E-state index in [0.29, 0.717) is 19.5 Å². The molecule has 8 nitrogen and oxygen atoms in total. The van der Waals surface area contributed by atoms with Crippen molar-refractivity contribution >= 4 is 11.8 Å². The average molecular weight is 485 g/mol. The van der Waals surface area contributed by atoms with Gasteiger partial charge in [-0.1, -0.05) is 43.4 Å². The lowest BCUT2D eigenvalue weighted by Gasteiger charge is -2.29. The Kier molecular flexibility index (Phi) is 11.7. The molecule has 8 heteroatoms. The fraction of sp³-hybridized carbons (Fsp3) is 0.630. The zero-order valence-electron chi connectivity index (χ0n) is 22.8. The highest BCUT2D eigenvalue weighted by Crippen LogP contribution is 2.27. The van der Waals surface area contributed by atoms with Gasteiger partial charge in [-0.25, -0.2) is 4.79 Å². The predicted octanol–water partition coefficient (Wildman–Crippen LogP) is 6.13. The molecule has 1 amide bonds. The number of nitrogens with zero attached hydrogens (tertiary/aromatic N) is 4. The molecule has 0 aromatic heterocycles. The molecule has 1 rings (SSSR count). The Hall–Kier alpha value is -3.08. The molecule has 1 unspecified atom stereocenters. The van der Waals surface area contributed by atoms with Gasteiger partial charge in [-0.15, -0.1) is 0 Å². The fourth-order valence-corrected chi connectivity index (χ4v) is 3.20. The Morgan fingerprint density at radius 1 is 1.29 bits per heavy atom. The van der Waals surface area contributed by atoms with Gasteiger partial charge in [0.05, 0.1) is 18.5 Å². The van der Waals surface area contributed by atoms with Gasteiger partial charge in [0.1, 0.15) is 5.60 Å². The summed E-state index contributed by atoms with van der Waals surface area (Å²) >= 11 is 0. The van der Waals surface area contributed by atoms with Crippen LogP contribution in [0.5, 0.6) is 0 Å². The van der Waals surface area contributed by atoms with E-state index < -0.39 is 11.7 Å². The Morgan fingerprint density at radius 2 is 1.97 bits per heavy atom. The number of ether oxygens (including phenoxy) is 1. The fourth-order valence-electron chi connectivity index (χ4n) is 3.20. The van der Waals surface area contributed by atoms with Gasteiger partial charge in [0.25, 0.3) is 0 Å². The molecular weight excluding hydrogens is 440 g/mol. The summed E-state index contributed by atoms with van der Waals surface area (Å²) in [6.45, 7) is 19.2. The summed E-state index contributed by atoms with van der Waals surface area (Å²) in [5.41, 5.74) is 2.35. The smallest absolute Gasteiger partial charge is 0.407 e. The van der Waals surface area contributed by atoms with Crippen molar-refractivity contribution in [3.8, 4) is 6.07 Å². The van der Waals surface area contributed by atoms with Crippen LogP contribution in [0.1, 0.15) is 66.9 Å². The Labute approximate surface area is 211 Å². The van der Waals surface area contributed by atoms with Crippen LogP contribution in [-0.4, -0.2) is 48.9 Å². The molecule has 0 radical (unpaired) electrons. The van der Waals surface area contributed by atoms with Crippen molar-refractivity contribution in [3.63, 3.8) is 0 Å². The van der Waals surface area contributed by atoms with Crippen molar-refractivity contribution in [2.75, 3.05) is 25.5 Å². The van der Waals surface area contributed by atoms with Crippen molar-refractivity contribution in [1.29, 1.82) is 5.26 Å². The minimum absolute atomic E-state index is 0.0247. The first kappa shape index (κ1) is 30.0. The van der Waals surface area contributed by atoms with E-state index in [1.54, 1.807) is 0 Å². The second-order valence-electron chi connectivity index (χ2n) is 10.8. The van der Waals surface area contributed by atoms with Crippen molar-refractivity contribution in [2.24, 2.45) is 15.8 Å². The molecule has 0 spiro atoms. The number of nitrogens with one attached hydrogen (secondary N) is 2. The number of hydrogen-bond acceptors (Lipinski definition) is 6. The van der Waals surface area contributed by atoms with Crippen molar-refractivity contribution < 1.29 is 9.53 Å². The van der Waals surface area contributed by atoms with Crippen LogP contribution in [0.2, 0.25) is 0 Å². The molecule has 0 saturated carbocycles. The number of anilines is 1. The number of rotatable bonds is 13. The van der Waals surface area contributed by atoms with Crippen LogP contribution in [0.15, 0.2) is 46.8 Å². The number of alkyl carbamates (subject to hydrolysis) is 1. The monoisotopic (exact) mass is 484 g/mol. The maximum absolute atomic E-state index is 11.9. The Bertz CT molecular complexity index is 898. The molecule has 0 fully saturated rings. The van der Waals surface area contributed by atoms with Gasteiger partial charge in [0.2, 0.25) is 0 Å². The van der Waals surface area contributed by atoms with Gasteiger partial charge in [-0.3, -0.25) is 5.01 Å². The summed E-state index contributed by atoms with van der Waals surface area (Å²) in [6.07, 6.45) is 1.55. The molecule has 2 atom stereocenters. The van der Waals surface area contributed by atoms with Gasteiger partial charge in [-0.05, 0) is 70.6 Å². The summed E-state index contributed by atoms with van der Waals surface area (Å²) in [6, 6.07) is 10.2. The summed E-state index contributed by atoms with van der Waals surface area (Å²) in [4.78, 5) is 11.9. The predicted molar refractivity (Wildman–Crippen MR) is 142 cm³/mol. The lowest BCUT2D eigenvalue weighted by molar-refractivity contribution is 0.0520. The lowest BCUT2D eigenvalue weighted by atomic mass is 9.82. The number of carbonyl (C=O) groups excluding carboxylic acids is 1. The molecule has 0 saturated heterocycles. The number of nitriles is 1. The molecule has 2 N–H and O–H groups in total. The Morgan fingerprint density at radius 3 is 2.57 bits per heavy atom. The molecule has 35 heavy (non-hydrogen) atoms. The van der Waals surface area contributed by atoms with Crippen LogP contribution < -0.4 is 10.6 Å². The van der Waals surface area contributed by atoms with Crippen LogP contribution >= 0.6 is 0 Å². The molecule has 0 heterocycles. The van der Waals surface area contributed by atoms with Gasteiger partial charge in [-0.2, -0.15) is 10.4 Å². The first-order valence-corrected chi connectivity index (χ1v) is 12.2. The van der Waals surface area contributed by atoms with E-state index in [0.717, 1.165) is 29.7 Å². The van der Waals surface area contributed by atoms with Gasteiger partial charge in [0.15, 0.2) is 0 Å². The molecule has 194 valence electrons. The normalized spacial score (nSPS) is 13.6. The highest BCUT2D eigenvalue weighted by Gasteiger charge is 2.26. The van der Waals surface area contributed by atoms with E-state index in [1.807, 2.05) is 70.9 Å². The van der Waals surface area contributed by atoms with Gasteiger partial charge < -0.3 is 15.4 Å². The molecule has 0 aliphatic heterocycles. The van der Waals surface area contributed by atoms with Crippen molar-refractivity contribution in [3.05, 3.63) is 42.0 Å². The topological polar surface area (TPSA) is 102 Å². The molecular formula is C27H44N6O2. The van der Waals surface area contributed by atoms with Crippen LogP contribution in [0.25, 0.3) is 0 Å². The molecule has 0 bridgehead atoms. The van der Waals surface area contributed by atoms with E-state index in [9.17, 15) is 4.79 Å². The molecule has 0 aliphatic rings. The second kappa shape index (κ2) is 13.7. The number of amides is 1. The van der Waals surface area contributed by atoms with E-state index in [1.165, 1.54) is 0 Å². The molecule has 1 aromatic rings. The third-order valence-electron chi connectivity index (χ3n) is 5.83. The van der Waals surface area contributed by atoms with Crippen LogP contribution in [0.3, 0.4) is 0 Å². The van der Waals surface area contributed by atoms with E-state index in [2.05, 4.69) is 47.5 Å². The summed E-state index contributed by atoms with van der Waals surface area (Å²) < 4.78 is 5.29. The Balaban J connectivity index is 2.56. The number of carbonyl (C=O) groups is 1. The molecule has 1 aromatic carbocycles. The van der Waals surface area contributed by atoms with E-state index in [-0.39, 0.29) is 17.5 Å². The zero-order chi connectivity index (χ0) is 26.6. The number of hydrogen-bond donors (Lipinski definition) is 2. The van der Waals surface area contributed by atoms with E-state index >= 15 is 0 Å². The van der Waals surface area contributed by atoms with Gasteiger partial charge >= 0.3 is 6.09 Å². The summed E-state index contributed by atoms with van der Waals surface area (Å²) in [5.74, 6) is 0.